The van der Waals surface area contributed by atoms with Crippen molar-refractivity contribution in [1.29, 1.82) is 0 Å². The summed E-state index contributed by atoms with van der Waals surface area (Å²) < 4.78 is 37.2. The Morgan fingerprint density at radius 1 is 1.18 bits per heavy atom. The SMILES string of the molecule is COc1ncccc1CN1Cc2ccccc2C2(CCN(C(C)C)CC2)C1.O=C(O)C(F)(F)F. The Balaban J connectivity index is 0.000000406. The van der Waals surface area contributed by atoms with E-state index in [1.165, 1.54) is 37.1 Å². The molecule has 1 saturated heterocycles. The molecule has 0 saturated carbocycles. The number of carbonyl (C=O) groups is 1. The van der Waals surface area contributed by atoms with Crippen LogP contribution in [0.2, 0.25) is 0 Å². The predicted molar refractivity (Wildman–Crippen MR) is 123 cm³/mol. The number of piperidine rings is 1. The number of ether oxygens (including phenoxy) is 1. The fraction of sp³-hybridized carbons (Fsp3) is 0.520. The standard InChI is InChI=1S/C23H31N3O.C2HF3O2/c1-18(2)26-13-10-23(11-14-26)17-25(15-19-7-4-5-9-21(19)23)16-20-8-6-12-24-22(20)27-3;3-2(4,5)1(6)7/h4-9,12,18H,10-11,13-17H2,1-3H3;(H,6,7). The number of aliphatic carboxylic acids is 1. The van der Waals surface area contributed by atoms with Crippen LogP contribution in [-0.4, -0.2) is 64.8 Å². The Hall–Kier alpha value is -2.65. The number of benzene rings is 1. The Kier molecular flexibility index (Phi) is 8.20. The van der Waals surface area contributed by atoms with Gasteiger partial charge in [0.15, 0.2) is 0 Å². The molecule has 0 aliphatic carbocycles. The molecule has 1 spiro atoms. The number of carboxylic acids is 1. The first kappa shape index (κ1) is 26.0. The molecule has 34 heavy (non-hydrogen) atoms. The van der Waals surface area contributed by atoms with E-state index in [2.05, 4.69) is 59.0 Å². The van der Waals surface area contributed by atoms with Crippen LogP contribution in [0.5, 0.6) is 5.88 Å². The van der Waals surface area contributed by atoms with Gasteiger partial charge < -0.3 is 14.7 Å². The van der Waals surface area contributed by atoms with Crippen molar-refractivity contribution in [1.82, 2.24) is 14.8 Å². The first-order valence-electron chi connectivity index (χ1n) is 11.4. The van der Waals surface area contributed by atoms with Gasteiger partial charge in [0.05, 0.1) is 7.11 Å². The summed E-state index contributed by atoms with van der Waals surface area (Å²) in [4.78, 5) is 18.5. The average molecular weight is 480 g/mol. The van der Waals surface area contributed by atoms with Crippen LogP contribution in [-0.2, 0) is 23.3 Å². The van der Waals surface area contributed by atoms with Crippen LogP contribution < -0.4 is 4.74 Å². The maximum atomic E-state index is 10.6. The molecule has 6 nitrogen and oxygen atoms in total. The molecule has 0 unspecified atom stereocenters. The second-order valence-corrected chi connectivity index (χ2v) is 9.19. The number of alkyl halides is 3. The van der Waals surface area contributed by atoms with E-state index in [1.807, 2.05) is 6.07 Å². The smallest absolute Gasteiger partial charge is 0.481 e. The lowest BCUT2D eigenvalue weighted by Gasteiger charge is -2.49. The third-order valence-corrected chi connectivity index (χ3v) is 6.67. The van der Waals surface area contributed by atoms with Crippen molar-refractivity contribution in [2.24, 2.45) is 0 Å². The summed E-state index contributed by atoms with van der Waals surface area (Å²) in [7, 11) is 1.71. The molecule has 3 heterocycles. The Bertz CT molecular complexity index is 973. The second-order valence-electron chi connectivity index (χ2n) is 9.19. The van der Waals surface area contributed by atoms with Crippen LogP contribution >= 0.6 is 0 Å². The molecule has 2 aliphatic heterocycles. The van der Waals surface area contributed by atoms with E-state index >= 15 is 0 Å². The maximum Gasteiger partial charge on any atom is 0.490 e. The first-order valence-corrected chi connectivity index (χ1v) is 11.4. The third kappa shape index (κ3) is 6.07. The zero-order chi connectivity index (χ0) is 24.9. The van der Waals surface area contributed by atoms with E-state index in [-0.39, 0.29) is 5.41 Å². The normalized spacial score (nSPS) is 18.2. The molecular weight excluding hydrogens is 447 g/mol. The van der Waals surface area contributed by atoms with Crippen molar-refractivity contribution in [2.75, 3.05) is 26.7 Å². The zero-order valence-corrected chi connectivity index (χ0v) is 19.8. The van der Waals surface area contributed by atoms with Gasteiger partial charge in [-0.3, -0.25) is 4.90 Å². The summed E-state index contributed by atoms with van der Waals surface area (Å²) in [5, 5.41) is 7.12. The summed E-state index contributed by atoms with van der Waals surface area (Å²) in [6.45, 7) is 10.0. The van der Waals surface area contributed by atoms with Crippen molar-refractivity contribution in [3.8, 4) is 5.88 Å². The van der Waals surface area contributed by atoms with Gasteiger partial charge in [-0.1, -0.05) is 30.3 Å². The second kappa shape index (κ2) is 10.7. The molecule has 0 radical (unpaired) electrons. The van der Waals surface area contributed by atoms with Crippen LogP contribution in [0.4, 0.5) is 13.2 Å². The lowest BCUT2D eigenvalue weighted by molar-refractivity contribution is -0.192. The van der Waals surface area contributed by atoms with Gasteiger partial charge in [-0.15, -0.1) is 0 Å². The molecule has 1 N–H and O–H groups in total. The first-order chi connectivity index (χ1) is 16.1. The molecule has 186 valence electrons. The molecule has 2 aliphatic rings. The minimum atomic E-state index is -5.08. The molecule has 0 atom stereocenters. The molecule has 0 amide bonds. The number of methoxy groups -OCH3 is 1. The van der Waals surface area contributed by atoms with E-state index in [4.69, 9.17) is 14.6 Å². The van der Waals surface area contributed by atoms with Crippen LogP contribution in [0.15, 0.2) is 42.6 Å². The molecule has 1 aromatic heterocycles. The molecule has 0 bridgehead atoms. The fourth-order valence-electron chi connectivity index (χ4n) is 4.96. The number of halogens is 3. The number of likely N-dealkylation sites (tertiary alicyclic amines) is 1. The van der Waals surface area contributed by atoms with Gasteiger partial charge >= 0.3 is 12.1 Å². The van der Waals surface area contributed by atoms with E-state index in [1.54, 1.807) is 18.9 Å². The van der Waals surface area contributed by atoms with Gasteiger partial charge in [0.25, 0.3) is 0 Å². The number of fused-ring (bicyclic) bond motifs is 2. The van der Waals surface area contributed by atoms with Crippen molar-refractivity contribution in [3.05, 3.63) is 59.3 Å². The van der Waals surface area contributed by atoms with E-state index in [9.17, 15) is 13.2 Å². The van der Waals surface area contributed by atoms with Crippen LogP contribution in [0.25, 0.3) is 0 Å². The summed E-state index contributed by atoms with van der Waals surface area (Å²) in [6, 6.07) is 13.9. The molecule has 9 heteroatoms. The van der Waals surface area contributed by atoms with Crippen LogP contribution in [0.1, 0.15) is 43.4 Å². The van der Waals surface area contributed by atoms with Gasteiger partial charge in [0, 0.05) is 42.9 Å². The summed E-state index contributed by atoms with van der Waals surface area (Å²) in [6.07, 6.45) is -0.803. The van der Waals surface area contributed by atoms with Crippen LogP contribution in [0.3, 0.4) is 0 Å². The van der Waals surface area contributed by atoms with Gasteiger partial charge in [-0.25, -0.2) is 9.78 Å². The molecular formula is C25H32F3N3O3. The molecule has 1 fully saturated rings. The maximum absolute atomic E-state index is 10.6. The van der Waals surface area contributed by atoms with Crippen molar-refractivity contribution in [2.45, 2.75) is 57.4 Å². The third-order valence-electron chi connectivity index (χ3n) is 6.67. The van der Waals surface area contributed by atoms with E-state index < -0.39 is 12.1 Å². The van der Waals surface area contributed by atoms with Gasteiger partial charge in [0.1, 0.15) is 0 Å². The Morgan fingerprint density at radius 2 is 1.82 bits per heavy atom. The highest BCUT2D eigenvalue weighted by atomic mass is 19.4. The monoisotopic (exact) mass is 479 g/mol. The summed E-state index contributed by atoms with van der Waals surface area (Å²) in [5.41, 5.74) is 4.52. The van der Waals surface area contributed by atoms with Crippen molar-refractivity contribution < 1.29 is 27.8 Å². The number of hydrogen-bond donors (Lipinski definition) is 1. The van der Waals surface area contributed by atoms with Crippen molar-refractivity contribution >= 4 is 5.97 Å². The zero-order valence-electron chi connectivity index (χ0n) is 19.8. The number of pyridine rings is 1. The number of nitrogens with zero attached hydrogens (tertiary/aromatic N) is 3. The summed E-state index contributed by atoms with van der Waals surface area (Å²) in [5.74, 6) is -2.01. The molecule has 1 aromatic carbocycles. The van der Waals surface area contributed by atoms with Crippen molar-refractivity contribution in [3.63, 3.8) is 0 Å². The fourth-order valence-corrected chi connectivity index (χ4v) is 4.96. The predicted octanol–water partition coefficient (Wildman–Crippen LogP) is 4.48. The quantitative estimate of drug-likeness (QED) is 0.698. The largest absolute Gasteiger partial charge is 0.490 e. The average Bonchev–Trinajstić information content (AvgIpc) is 2.79. The van der Waals surface area contributed by atoms with Gasteiger partial charge in [-0.05, 0) is 57.0 Å². The van der Waals surface area contributed by atoms with Gasteiger partial charge in [-0.2, -0.15) is 13.2 Å². The van der Waals surface area contributed by atoms with E-state index in [0.29, 0.717) is 6.04 Å². The minimum Gasteiger partial charge on any atom is -0.481 e. The number of carboxylic acid groups (broad SMARTS) is 1. The lowest BCUT2D eigenvalue weighted by Crippen LogP contribution is -2.52. The summed E-state index contributed by atoms with van der Waals surface area (Å²) >= 11 is 0. The highest BCUT2D eigenvalue weighted by molar-refractivity contribution is 5.73. The number of rotatable bonds is 4. The molecule has 4 rings (SSSR count). The lowest BCUT2D eigenvalue weighted by atomic mass is 9.68. The minimum absolute atomic E-state index is 0.273. The highest BCUT2D eigenvalue weighted by Crippen LogP contribution is 2.42. The molecule has 2 aromatic rings. The Labute approximate surface area is 198 Å². The number of hydrogen-bond acceptors (Lipinski definition) is 5. The number of aromatic nitrogens is 1. The van der Waals surface area contributed by atoms with E-state index in [0.717, 1.165) is 25.5 Å². The Morgan fingerprint density at radius 3 is 2.41 bits per heavy atom. The van der Waals surface area contributed by atoms with Gasteiger partial charge in [0.2, 0.25) is 5.88 Å². The van der Waals surface area contributed by atoms with Crippen LogP contribution in [0, 0.1) is 0 Å². The topological polar surface area (TPSA) is 65.9 Å². The highest BCUT2D eigenvalue weighted by Gasteiger charge is 2.42.